The number of ketones is 1. The molecule has 1 aliphatic heterocycles. The van der Waals surface area contributed by atoms with E-state index in [9.17, 15) is 42.0 Å². The van der Waals surface area contributed by atoms with Crippen molar-refractivity contribution in [2.75, 3.05) is 32.9 Å². The maximum atomic E-state index is 14.7. The minimum Gasteiger partial charge on any atom is -0.347 e. The molecule has 4 fully saturated rings. The van der Waals surface area contributed by atoms with Gasteiger partial charge in [0, 0.05) is 20.6 Å². The quantitative estimate of drug-likeness (QED) is 0.147. The van der Waals surface area contributed by atoms with Crippen molar-refractivity contribution in [1.29, 1.82) is 0 Å². The lowest BCUT2D eigenvalue weighted by atomic mass is 9.83. The number of nitrogens with zero attached hydrogens (tertiary/aromatic N) is 2. The van der Waals surface area contributed by atoms with E-state index in [0.29, 0.717) is 18.4 Å². The number of piperidine rings is 1. The molecular formula is C47H65N7O9S. The second kappa shape index (κ2) is 19.0. The number of carbonyl (C=O) groups is 7. The van der Waals surface area contributed by atoms with Crippen molar-refractivity contribution in [1.82, 2.24) is 36.4 Å². The molecular weight excluding hydrogens is 839 g/mol. The summed E-state index contributed by atoms with van der Waals surface area (Å²) in [5.74, 6) is -4.65. The molecule has 17 heteroatoms. The van der Waals surface area contributed by atoms with E-state index < -0.39 is 86.9 Å². The molecule has 4 aliphatic rings. The van der Waals surface area contributed by atoms with Crippen LogP contribution in [0.15, 0.2) is 65.6 Å². The van der Waals surface area contributed by atoms with E-state index in [0.717, 1.165) is 32.1 Å². The number of fused-ring (bicyclic) bond motifs is 1. The van der Waals surface area contributed by atoms with Crippen molar-refractivity contribution in [3.63, 3.8) is 0 Å². The smallest absolute Gasteiger partial charge is 0.315 e. The van der Waals surface area contributed by atoms with Gasteiger partial charge in [-0.2, -0.15) is 0 Å². The highest BCUT2D eigenvalue weighted by atomic mass is 32.2. The van der Waals surface area contributed by atoms with Crippen LogP contribution in [-0.2, 0) is 38.6 Å². The van der Waals surface area contributed by atoms with Crippen LogP contribution >= 0.6 is 0 Å². The normalized spacial score (nSPS) is 22.4. The molecule has 0 radical (unpaired) electrons. The van der Waals surface area contributed by atoms with Gasteiger partial charge in [0.25, 0.3) is 5.91 Å². The zero-order valence-corrected chi connectivity index (χ0v) is 38.9. The van der Waals surface area contributed by atoms with Crippen LogP contribution in [0.5, 0.6) is 0 Å². The number of nitrogens with one attached hydrogen (secondary N) is 5. The summed E-state index contributed by atoms with van der Waals surface area (Å²) < 4.78 is 27.2. The first kappa shape index (κ1) is 48.1. The van der Waals surface area contributed by atoms with Gasteiger partial charge in [0.2, 0.25) is 29.4 Å². The molecule has 0 aromatic heterocycles. The fourth-order valence-electron chi connectivity index (χ4n) is 9.63. The first-order chi connectivity index (χ1) is 30.0. The third kappa shape index (κ3) is 11.1. The minimum absolute atomic E-state index is 0.0335. The molecule has 1 unspecified atom stereocenters. The van der Waals surface area contributed by atoms with Crippen LogP contribution in [0.4, 0.5) is 4.79 Å². The predicted molar refractivity (Wildman–Crippen MR) is 239 cm³/mol. The molecule has 2 aromatic rings. The molecule has 1 saturated heterocycles. The summed E-state index contributed by atoms with van der Waals surface area (Å²) >= 11 is 0. The number of amides is 7. The molecule has 2 aromatic carbocycles. The zero-order valence-electron chi connectivity index (χ0n) is 38.1. The molecule has 6 atom stereocenters. The lowest BCUT2D eigenvalue weighted by Gasteiger charge is -2.40. The van der Waals surface area contributed by atoms with Gasteiger partial charge in [-0.3, -0.25) is 28.8 Å². The highest BCUT2D eigenvalue weighted by Crippen LogP contribution is 2.65. The molecule has 5 N–H and O–H groups in total. The third-order valence-corrected chi connectivity index (χ3v) is 15.5. The van der Waals surface area contributed by atoms with E-state index in [1.165, 1.54) is 21.9 Å². The number of hydrogen-bond donors (Lipinski definition) is 5. The summed E-state index contributed by atoms with van der Waals surface area (Å²) in [7, 11) is -0.659. The number of benzene rings is 2. The van der Waals surface area contributed by atoms with Crippen LogP contribution in [0.25, 0.3) is 0 Å². The van der Waals surface area contributed by atoms with Crippen molar-refractivity contribution in [3.05, 3.63) is 66.2 Å². The number of likely N-dealkylation sites (N-methyl/N-ethyl adjacent to an activating group) is 1. The Balaban J connectivity index is 1.14. The molecule has 7 amide bonds. The second-order valence-electron chi connectivity index (χ2n) is 20.1. The summed E-state index contributed by atoms with van der Waals surface area (Å²) in [6.07, 6.45) is 5.09. The van der Waals surface area contributed by atoms with Crippen LogP contribution in [0.1, 0.15) is 97.6 Å². The van der Waals surface area contributed by atoms with Gasteiger partial charge in [-0.15, -0.1) is 0 Å². The van der Waals surface area contributed by atoms with Crippen molar-refractivity contribution in [2.45, 2.75) is 121 Å². The number of likely N-dealkylation sites (tertiary alicyclic amines) is 1. The standard InChI is InChI=1S/C47H65N7O9S/c1-45(2,3)39(51-44(61)52-47(23-15-10-16-24-47)28-64(62,63)31-19-13-9-14-20-31)43(60)54-27-32-35(46(32,4)5)37(54)40(57)49-33(25-29-21-22-29)38(56)41(58)48-26-34(55)50-36(42(59)53(6)7)30-17-11-8-12-18-30/h8-9,11-14,17-20,29,32-33,35-37,39H,10,15-16,21-28H2,1-7H3,(H,48,58)(H,49,57)(H,50,55)(H2,51,52,61)/t32-,33?,35-,36-,37-,39+/m0/s1. The van der Waals surface area contributed by atoms with Crippen molar-refractivity contribution in [2.24, 2.45) is 28.6 Å². The molecule has 0 bridgehead atoms. The Bertz CT molecular complexity index is 2200. The Morgan fingerprint density at radius 1 is 0.844 bits per heavy atom. The molecule has 6 rings (SSSR count). The van der Waals surface area contributed by atoms with Crippen LogP contribution in [0, 0.1) is 28.6 Å². The predicted octanol–water partition coefficient (Wildman–Crippen LogP) is 3.28. The second-order valence-corrected chi connectivity index (χ2v) is 22.1. The summed E-state index contributed by atoms with van der Waals surface area (Å²) in [6.45, 7) is 9.07. The fraction of sp³-hybridized carbons (Fsp3) is 0.596. The zero-order chi connectivity index (χ0) is 46.8. The van der Waals surface area contributed by atoms with Gasteiger partial charge in [0.15, 0.2) is 9.84 Å². The van der Waals surface area contributed by atoms with E-state index in [1.807, 2.05) is 13.8 Å². The number of sulfone groups is 1. The Morgan fingerprint density at radius 3 is 2.03 bits per heavy atom. The molecule has 3 aliphatic carbocycles. The number of carbonyl (C=O) groups excluding carboxylic acids is 7. The van der Waals surface area contributed by atoms with Crippen molar-refractivity contribution in [3.8, 4) is 0 Å². The van der Waals surface area contributed by atoms with Gasteiger partial charge in [0.05, 0.1) is 28.8 Å². The van der Waals surface area contributed by atoms with E-state index >= 15 is 0 Å². The van der Waals surface area contributed by atoms with Crippen molar-refractivity contribution >= 4 is 51.2 Å². The van der Waals surface area contributed by atoms with Gasteiger partial charge in [-0.25, -0.2) is 13.2 Å². The van der Waals surface area contributed by atoms with Gasteiger partial charge >= 0.3 is 6.03 Å². The maximum Gasteiger partial charge on any atom is 0.315 e. The van der Waals surface area contributed by atoms with E-state index in [-0.39, 0.29) is 52.7 Å². The Hall–Kier alpha value is -5.32. The number of Topliss-reactive ketones (excluding diaryl/α,β-unsaturated/α-hetero) is 1. The van der Waals surface area contributed by atoms with Crippen molar-refractivity contribution < 1.29 is 42.0 Å². The molecule has 16 nitrogen and oxygen atoms in total. The molecule has 0 spiro atoms. The summed E-state index contributed by atoms with van der Waals surface area (Å²) in [4.78, 5) is 99.3. The van der Waals surface area contributed by atoms with Gasteiger partial charge in [-0.1, -0.05) is 115 Å². The largest absolute Gasteiger partial charge is 0.347 e. The highest BCUT2D eigenvalue weighted by molar-refractivity contribution is 7.91. The van der Waals surface area contributed by atoms with Gasteiger partial charge < -0.3 is 36.4 Å². The van der Waals surface area contributed by atoms with Gasteiger partial charge in [0.1, 0.15) is 18.1 Å². The van der Waals surface area contributed by atoms with Crippen LogP contribution < -0.4 is 26.6 Å². The summed E-state index contributed by atoms with van der Waals surface area (Å²) in [6, 6.07) is 11.7. The average Bonchev–Trinajstić information content (AvgIpc) is 4.10. The SMILES string of the molecule is CN(C)C(=O)[C@@H](NC(=O)CNC(=O)C(=O)C(CC1CC1)NC(=O)[C@@H]1[C@@H]2[C@H](CN1C(=O)[C@@H](NC(=O)NC1(CS(=O)(=O)c3ccccc3)CCCCC1)C(C)(C)C)C2(C)C)c1ccccc1. The molecule has 3 saturated carbocycles. The number of rotatable bonds is 17. The van der Waals surface area contributed by atoms with E-state index in [4.69, 9.17) is 0 Å². The average molecular weight is 904 g/mol. The minimum atomic E-state index is -3.77. The highest BCUT2D eigenvalue weighted by Gasteiger charge is 2.70. The molecule has 64 heavy (non-hydrogen) atoms. The van der Waals surface area contributed by atoms with Crippen LogP contribution in [0.3, 0.4) is 0 Å². The first-order valence-electron chi connectivity index (χ1n) is 22.4. The topological polar surface area (TPSA) is 220 Å². The van der Waals surface area contributed by atoms with Crippen LogP contribution in [0.2, 0.25) is 0 Å². The lowest BCUT2D eigenvalue weighted by Crippen LogP contribution is -2.64. The Morgan fingerprint density at radius 2 is 1.45 bits per heavy atom. The fourth-order valence-corrected chi connectivity index (χ4v) is 11.5. The summed E-state index contributed by atoms with van der Waals surface area (Å²) in [5, 5.41) is 13.7. The monoisotopic (exact) mass is 903 g/mol. The van der Waals surface area contributed by atoms with Gasteiger partial charge in [-0.05, 0) is 65.5 Å². The van der Waals surface area contributed by atoms with E-state index in [1.54, 1.807) is 83.4 Å². The Kier molecular flexibility index (Phi) is 14.3. The first-order valence-corrected chi connectivity index (χ1v) is 24.0. The Labute approximate surface area is 376 Å². The summed E-state index contributed by atoms with van der Waals surface area (Å²) in [5.41, 5.74) is -1.66. The lowest BCUT2D eigenvalue weighted by molar-refractivity contribution is -0.145. The van der Waals surface area contributed by atoms with E-state index in [2.05, 4.69) is 26.6 Å². The number of urea groups is 1. The molecule has 348 valence electrons. The third-order valence-electron chi connectivity index (χ3n) is 13.6. The molecule has 1 heterocycles. The van der Waals surface area contributed by atoms with Crippen LogP contribution in [-0.4, -0.2) is 116 Å². The maximum absolute atomic E-state index is 14.7. The number of hydrogen-bond acceptors (Lipinski definition) is 9.